The normalized spacial score (nSPS) is 36.0. The van der Waals surface area contributed by atoms with E-state index in [0.717, 1.165) is 6.42 Å². The number of methoxy groups -OCH3 is 1. The summed E-state index contributed by atoms with van der Waals surface area (Å²) >= 11 is 0. The van der Waals surface area contributed by atoms with Crippen LogP contribution in [0.4, 0.5) is 5.69 Å². The van der Waals surface area contributed by atoms with Gasteiger partial charge >= 0.3 is 0 Å². The molecule has 1 saturated heterocycles. The third kappa shape index (κ3) is 2.14. The van der Waals surface area contributed by atoms with E-state index >= 15 is 0 Å². The van der Waals surface area contributed by atoms with E-state index in [0.29, 0.717) is 23.3 Å². The number of nitrogens with zero attached hydrogens (tertiary/aromatic N) is 1. The summed E-state index contributed by atoms with van der Waals surface area (Å²) in [6.07, 6.45) is 5.39. The van der Waals surface area contributed by atoms with E-state index in [1.54, 1.807) is 31.4 Å². The molecule has 0 unspecified atom stereocenters. The number of rotatable bonds is 4. The number of amides is 3. The quantitative estimate of drug-likeness (QED) is 0.661. The van der Waals surface area contributed by atoms with Crippen molar-refractivity contribution in [2.45, 2.75) is 6.42 Å². The Morgan fingerprint density at radius 3 is 2.19 bits per heavy atom. The zero-order chi connectivity index (χ0) is 18.0. The number of imide groups is 1. The van der Waals surface area contributed by atoms with Gasteiger partial charge in [-0.3, -0.25) is 19.3 Å². The average Bonchev–Trinajstić information content (AvgIpc) is 3.43. The first-order chi connectivity index (χ1) is 12.6. The lowest BCUT2D eigenvalue weighted by molar-refractivity contribution is -0.142. The molecule has 5 aliphatic rings. The van der Waals surface area contributed by atoms with Crippen LogP contribution < -0.4 is 10.1 Å². The summed E-state index contributed by atoms with van der Waals surface area (Å²) in [7, 11) is 1.57. The predicted octanol–water partition coefficient (Wildman–Crippen LogP) is 1.69. The monoisotopic (exact) mass is 352 g/mol. The van der Waals surface area contributed by atoms with Gasteiger partial charge in [-0.15, -0.1) is 0 Å². The third-order valence-electron chi connectivity index (χ3n) is 6.43. The Bertz CT molecular complexity index is 795. The summed E-state index contributed by atoms with van der Waals surface area (Å²) in [5.41, 5.74) is 0.607. The van der Waals surface area contributed by atoms with E-state index in [-0.39, 0.29) is 47.9 Å². The highest BCUT2D eigenvalue weighted by atomic mass is 16.5. The molecule has 6 heteroatoms. The molecule has 134 valence electrons. The molecule has 1 aliphatic heterocycles. The fourth-order valence-corrected chi connectivity index (χ4v) is 5.19. The molecule has 3 amide bonds. The van der Waals surface area contributed by atoms with E-state index in [4.69, 9.17) is 4.74 Å². The van der Waals surface area contributed by atoms with Gasteiger partial charge in [0.2, 0.25) is 17.7 Å². The Balaban J connectivity index is 1.30. The molecule has 1 N–H and O–H groups in total. The van der Waals surface area contributed by atoms with Crippen molar-refractivity contribution >= 4 is 23.4 Å². The number of allylic oxidation sites excluding steroid dienone is 2. The molecule has 1 heterocycles. The Hall–Kier alpha value is -2.63. The van der Waals surface area contributed by atoms with Gasteiger partial charge in [-0.2, -0.15) is 0 Å². The van der Waals surface area contributed by atoms with Crippen molar-refractivity contribution in [3.63, 3.8) is 0 Å². The number of carbonyl (C=O) groups excluding carboxylic acids is 3. The molecule has 1 aromatic rings. The smallest absolute Gasteiger partial charge is 0.244 e. The highest BCUT2D eigenvalue weighted by Crippen LogP contribution is 2.65. The van der Waals surface area contributed by atoms with E-state index in [9.17, 15) is 14.4 Å². The maximum atomic E-state index is 12.9. The number of anilines is 1. The SMILES string of the molecule is COc1ccc(NC(=O)CN2C(=O)[C@@H]3[C@H]4C=C[C@@H]([C@@H]5C[C@H]45)[C@@H]3C2=O)cc1. The topological polar surface area (TPSA) is 75.7 Å². The Labute approximate surface area is 151 Å². The largest absolute Gasteiger partial charge is 0.497 e. The number of hydrogen-bond donors (Lipinski definition) is 1. The van der Waals surface area contributed by atoms with Gasteiger partial charge in [0.15, 0.2) is 0 Å². The molecule has 0 aromatic heterocycles. The van der Waals surface area contributed by atoms with Gasteiger partial charge in [-0.25, -0.2) is 0 Å². The summed E-state index contributed by atoms with van der Waals surface area (Å²) in [5.74, 6) is 0.975. The first-order valence-electron chi connectivity index (χ1n) is 9.06. The lowest BCUT2D eigenvalue weighted by Gasteiger charge is -2.37. The molecular weight excluding hydrogens is 332 g/mol. The molecule has 3 fully saturated rings. The summed E-state index contributed by atoms with van der Waals surface area (Å²) in [4.78, 5) is 39.2. The first-order valence-corrected chi connectivity index (χ1v) is 9.06. The molecule has 6 nitrogen and oxygen atoms in total. The second-order valence-electron chi connectivity index (χ2n) is 7.69. The number of carbonyl (C=O) groups is 3. The van der Waals surface area contributed by atoms with Gasteiger partial charge in [-0.1, -0.05) is 12.2 Å². The Kier molecular flexibility index (Phi) is 3.26. The molecular formula is C20H20N2O4. The molecule has 0 spiro atoms. The molecule has 26 heavy (non-hydrogen) atoms. The lowest BCUT2D eigenvalue weighted by Crippen LogP contribution is -2.40. The van der Waals surface area contributed by atoms with E-state index < -0.39 is 0 Å². The predicted molar refractivity (Wildman–Crippen MR) is 93.0 cm³/mol. The van der Waals surface area contributed by atoms with Crippen LogP contribution >= 0.6 is 0 Å². The first kappa shape index (κ1) is 15.6. The van der Waals surface area contributed by atoms with Gasteiger partial charge < -0.3 is 10.1 Å². The highest BCUT2D eigenvalue weighted by Gasteiger charge is 2.67. The van der Waals surface area contributed by atoms with Crippen LogP contribution in [0, 0.1) is 35.5 Å². The molecule has 0 radical (unpaired) electrons. The second-order valence-corrected chi connectivity index (χ2v) is 7.69. The standard InChI is InChI=1S/C20H20N2O4/c1-26-11-4-2-10(3-5-11)21-16(23)9-22-19(24)17-12-6-7-13(15-8-14(12)15)18(17)20(22)25/h2-7,12-15,17-18H,8-9H2,1H3,(H,21,23)/t12-,13-,14-,15+,17-,18+/m0/s1. The number of benzene rings is 1. The van der Waals surface area contributed by atoms with Crippen molar-refractivity contribution in [2.75, 3.05) is 19.0 Å². The van der Waals surface area contributed by atoms with Crippen molar-refractivity contribution in [3.8, 4) is 5.75 Å². The number of nitrogens with one attached hydrogen (secondary N) is 1. The van der Waals surface area contributed by atoms with Gasteiger partial charge in [0.25, 0.3) is 0 Å². The minimum atomic E-state index is -0.360. The van der Waals surface area contributed by atoms with Gasteiger partial charge in [-0.05, 0) is 54.4 Å². The molecule has 6 rings (SSSR count). The van der Waals surface area contributed by atoms with Crippen molar-refractivity contribution < 1.29 is 19.1 Å². The molecule has 4 aliphatic carbocycles. The highest BCUT2D eigenvalue weighted by molar-refractivity contribution is 6.09. The van der Waals surface area contributed by atoms with Gasteiger partial charge in [0, 0.05) is 5.69 Å². The molecule has 1 aromatic carbocycles. The Morgan fingerprint density at radius 1 is 1.08 bits per heavy atom. The van der Waals surface area contributed by atoms with Gasteiger partial charge in [0.05, 0.1) is 18.9 Å². The van der Waals surface area contributed by atoms with Crippen molar-refractivity contribution in [1.29, 1.82) is 0 Å². The summed E-state index contributed by atoms with van der Waals surface area (Å²) in [6, 6.07) is 6.93. The summed E-state index contributed by atoms with van der Waals surface area (Å²) in [6.45, 7) is -0.217. The Morgan fingerprint density at radius 2 is 1.65 bits per heavy atom. The van der Waals surface area contributed by atoms with Crippen LogP contribution in [0.2, 0.25) is 0 Å². The van der Waals surface area contributed by atoms with Crippen LogP contribution in [0.1, 0.15) is 6.42 Å². The number of ether oxygens (including phenoxy) is 1. The van der Waals surface area contributed by atoms with Crippen LogP contribution in [0.15, 0.2) is 36.4 Å². The fourth-order valence-electron chi connectivity index (χ4n) is 5.19. The zero-order valence-corrected chi connectivity index (χ0v) is 14.4. The second kappa shape index (κ2) is 5.43. The summed E-state index contributed by atoms with van der Waals surface area (Å²) in [5, 5.41) is 2.74. The van der Waals surface area contributed by atoms with E-state index in [1.807, 2.05) is 0 Å². The van der Waals surface area contributed by atoms with Crippen molar-refractivity contribution in [1.82, 2.24) is 4.90 Å². The maximum Gasteiger partial charge on any atom is 0.244 e. The lowest BCUT2D eigenvalue weighted by atomic mass is 9.63. The number of likely N-dealkylation sites (tertiary alicyclic amines) is 1. The van der Waals surface area contributed by atoms with Gasteiger partial charge in [0.1, 0.15) is 12.3 Å². The van der Waals surface area contributed by atoms with E-state index in [1.165, 1.54) is 4.90 Å². The summed E-state index contributed by atoms with van der Waals surface area (Å²) < 4.78 is 5.09. The molecule has 6 atom stereocenters. The van der Waals surface area contributed by atoms with Crippen molar-refractivity contribution in [3.05, 3.63) is 36.4 Å². The van der Waals surface area contributed by atoms with Crippen LogP contribution in [-0.2, 0) is 14.4 Å². The third-order valence-corrected chi connectivity index (χ3v) is 6.43. The van der Waals surface area contributed by atoms with Crippen LogP contribution in [-0.4, -0.2) is 36.3 Å². The zero-order valence-electron chi connectivity index (χ0n) is 14.4. The minimum absolute atomic E-state index is 0.172. The van der Waals surface area contributed by atoms with Crippen molar-refractivity contribution in [2.24, 2.45) is 35.5 Å². The fraction of sp³-hybridized carbons (Fsp3) is 0.450. The van der Waals surface area contributed by atoms with Crippen LogP contribution in [0.3, 0.4) is 0 Å². The van der Waals surface area contributed by atoms with Crippen LogP contribution in [0.5, 0.6) is 5.75 Å². The molecule has 2 bridgehead atoms. The van der Waals surface area contributed by atoms with E-state index in [2.05, 4.69) is 17.5 Å². The maximum absolute atomic E-state index is 12.9. The number of hydrogen-bond acceptors (Lipinski definition) is 4. The minimum Gasteiger partial charge on any atom is -0.497 e. The van der Waals surface area contributed by atoms with Crippen LogP contribution in [0.25, 0.3) is 0 Å². The average molecular weight is 352 g/mol. The molecule has 2 saturated carbocycles.